The van der Waals surface area contributed by atoms with E-state index in [-0.39, 0.29) is 5.75 Å². The van der Waals surface area contributed by atoms with Gasteiger partial charge in [0.2, 0.25) is 0 Å². The monoisotopic (exact) mass is 273 g/mol. The van der Waals surface area contributed by atoms with Gasteiger partial charge in [0, 0.05) is 0 Å². The number of hydrogen-bond donors (Lipinski definition) is 1. The molecule has 94 valence electrons. The Morgan fingerprint density at radius 2 is 1.83 bits per heavy atom. The highest BCUT2D eigenvalue weighted by atomic mass is 32.1. The zero-order valence-corrected chi connectivity index (χ0v) is 9.55. The number of alkyl halides is 3. The average molecular weight is 273 g/mol. The molecule has 0 saturated heterocycles. The number of pyridine rings is 1. The number of aromatic amines is 1. The lowest BCUT2D eigenvalue weighted by atomic mass is 10.2. The van der Waals surface area contributed by atoms with Gasteiger partial charge in [0.25, 0.3) is 0 Å². The molecule has 4 nitrogen and oxygen atoms in total. The summed E-state index contributed by atoms with van der Waals surface area (Å²) in [5.74, 6) is -0.380. The summed E-state index contributed by atoms with van der Waals surface area (Å²) in [6.45, 7) is 0. The van der Waals surface area contributed by atoms with E-state index < -0.39 is 6.36 Å². The number of hydrogen-bond acceptors (Lipinski definition) is 4. The van der Waals surface area contributed by atoms with Gasteiger partial charge in [-0.1, -0.05) is 12.2 Å². The molecule has 18 heavy (non-hydrogen) atoms. The molecule has 0 fully saturated rings. The summed E-state index contributed by atoms with van der Waals surface area (Å²) >= 11 is 4.82. The van der Waals surface area contributed by atoms with E-state index in [9.17, 15) is 13.2 Å². The molecule has 8 heteroatoms. The van der Waals surface area contributed by atoms with Gasteiger partial charge >= 0.3 is 6.36 Å². The van der Waals surface area contributed by atoms with Crippen molar-refractivity contribution in [2.24, 2.45) is 0 Å². The summed E-state index contributed by atoms with van der Waals surface area (Å²) in [6, 6.07) is 5.77. The van der Waals surface area contributed by atoms with Gasteiger partial charge in [-0.2, -0.15) is 5.10 Å². The van der Waals surface area contributed by atoms with E-state index >= 15 is 0 Å². The molecule has 0 aliphatic carbocycles. The van der Waals surface area contributed by atoms with E-state index in [0.717, 1.165) is 6.20 Å². The molecule has 2 aromatic heterocycles. The van der Waals surface area contributed by atoms with Gasteiger partial charge in [-0.05, 0) is 24.3 Å². The maximum Gasteiger partial charge on any atom is 0.573 e. The Morgan fingerprint density at radius 3 is 2.33 bits per heavy atom. The SMILES string of the molecule is FC(F)(F)Oc1ccc(-c2ccc(=S)[nH]n2)nc1. The second kappa shape index (κ2) is 4.73. The van der Waals surface area contributed by atoms with Crippen LogP contribution in [0.4, 0.5) is 13.2 Å². The number of rotatable bonds is 2. The lowest BCUT2D eigenvalue weighted by molar-refractivity contribution is -0.274. The third kappa shape index (κ3) is 3.27. The normalized spacial score (nSPS) is 11.3. The van der Waals surface area contributed by atoms with Crippen molar-refractivity contribution < 1.29 is 17.9 Å². The predicted molar refractivity (Wildman–Crippen MR) is 59.3 cm³/mol. The number of ether oxygens (including phenoxy) is 1. The molecule has 0 saturated carbocycles. The van der Waals surface area contributed by atoms with Gasteiger partial charge in [-0.3, -0.25) is 10.1 Å². The minimum absolute atomic E-state index is 0.380. The van der Waals surface area contributed by atoms with Gasteiger partial charge in [0.15, 0.2) is 0 Å². The Kier molecular flexibility index (Phi) is 3.28. The maximum absolute atomic E-state index is 11.9. The fraction of sp³-hybridized carbons (Fsp3) is 0.100. The molecule has 2 heterocycles. The first-order chi connectivity index (χ1) is 8.44. The third-order valence-corrected chi connectivity index (χ3v) is 2.14. The molecule has 0 aromatic carbocycles. The second-order valence-corrected chi connectivity index (χ2v) is 3.67. The number of H-pyrrole nitrogens is 1. The summed E-state index contributed by atoms with van der Waals surface area (Å²) in [5.41, 5.74) is 0.887. The van der Waals surface area contributed by atoms with Crippen molar-refractivity contribution in [3.63, 3.8) is 0 Å². The van der Waals surface area contributed by atoms with Crippen LogP contribution in [-0.2, 0) is 0 Å². The fourth-order valence-electron chi connectivity index (χ4n) is 1.21. The smallest absolute Gasteiger partial charge is 0.404 e. The van der Waals surface area contributed by atoms with Crippen molar-refractivity contribution in [3.8, 4) is 17.1 Å². The predicted octanol–water partition coefficient (Wildman–Crippen LogP) is 3.10. The van der Waals surface area contributed by atoms with Crippen molar-refractivity contribution in [1.29, 1.82) is 0 Å². The van der Waals surface area contributed by atoms with Crippen LogP contribution >= 0.6 is 12.2 Å². The standard InChI is InChI=1S/C10H6F3N3OS/c11-10(12,13)17-6-1-2-7(14-5-6)8-3-4-9(18)16-15-8/h1-5H,(H,16,18). The fourth-order valence-corrected chi connectivity index (χ4v) is 1.33. The zero-order chi connectivity index (χ0) is 13.2. The van der Waals surface area contributed by atoms with Crippen LogP contribution in [-0.4, -0.2) is 21.5 Å². The molecule has 0 amide bonds. The van der Waals surface area contributed by atoms with Crippen molar-refractivity contribution in [1.82, 2.24) is 15.2 Å². The molecule has 0 aliphatic heterocycles. The quantitative estimate of drug-likeness (QED) is 0.854. The van der Waals surface area contributed by atoms with E-state index in [1.165, 1.54) is 12.1 Å². The van der Waals surface area contributed by atoms with Crippen molar-refractivity contribution in [2.75, 3.05) is 0 Å². The molecule has 1 N–H and O–H groups in total. The Bertz CT molecular complexity index is 574. The highest BCUT2D eigenvalue weighted by Crippen LogP contribution is 2.23. The van der Waals surface area contributed by atoms with Crippen LogP contribution in [0.5, 0.6) is 5.75 Å². The molecule has 0 radical (unpaired) electrons. The summed E-state index contributed by atoms with van der Waals surface area (Å²) < 4.78 is 39.9. The van der Waals surface area contributed by atoms with E-state index in [4.69, 9.17) is 12.2 Å². The van der Waals surface area contributed by atoms with Crippen LogP contribution in [0.25, 0.3) is 11.4 Å². The van der Waals surface area contributed by atoms with Crippen molar-refractivity contribution >= 4 is 12.2 Å². The first-order valence-corrected chi connectivity index (χ1v) is 5.13. The topological polar surface area (TPSA) is 50.8 Å². The van der Waals surface area contributed by atoms with Gasteiger partial charge in [0.05, 0.1) is 11.9 Å². The van der Waals surface area contributed by atoms with Crippen LogP contribution in [0.3, 0.4) is 0 Å². The highest BCUT2D eigenvalue weighted by molar-refractivity contribution is 7.71. The lowest BCUT2D eigenvalue weighted by Crippen LogP contribution is -2.17. The zero-order valence-electron chi connectivity index (χ0n) is 8.73. The molecular weight excluding hydrogens is 267 g/mol. The van der Waals surface area contributed by atoms with E-state index in [2.05, 4.69) is 19.9 Å². The van der Waals surface area contributed by atoms with Crippen LogP contribution < -0.4 is 4.74 Å². The first-order valence-electron chi connectivity index (χ1n) is 4.72. The largest absolute Gasteiger partial charge is 0.573 e. The van der Waals surface area contributed by atoms with Gasteiger partial charge in [0.1, 0.15) is 16.1 Å². The maximum atomic E-state index is 11.9. The molecule has 0 bridgehead atoms. The summed E-state index contributed by atoms with van der Waals surface area (Å²) in [5, 5.41) is 6.46. The molecule has 0 atom stereocenters. The summed E-state index contributed by atoms with van der Waals surface area (Å²) in [4.78, 5) is 3.82. The number of nitrogens with one attached hydrogen (secondary N) is 1. The molecular formula is C10H6F3N3OS. The van der Waals surface area contributed by atoms with Crippen LogP contribution in [0, 0.1) is 4.64 Å². The van der Waals surface area contributed by atoms with E-state index in [1.54, 1.807) is 12.1 Å². The molecule has 0 unspecified atom stereocenters. The van der Waals surface area contributed by atoms with Crippen molar-refractivity contribution in [3.05, 3.63) is 35.1 Å². The Morgan fingerprint density at radius 1 is 1.11 bits per heavy atom. The molecule has 0 aliphatic rings. The Hall–Kier alpha value is -1.96. The van der Waals surface area contributed by atoms with Crippen LogP contribution in [0.2, 0.25) is 0 Å². The molecule has 2 aromatic rings. The third-order valence-electron chi connectivity index (χ3n) is 1.91. The van der Waals surface area contributed by atoms with Gasteiger partial charge < -0.3 is 4.74 Å². The number of aromatic nitrogens is 3. The first kappa shape index (κ1) is 12.5. The highest BCUT2D eigenvalue weighted by Gasteiger charge is 2.31. The summed E-state index contributed by atoms with van der Waals surface area (Å²) in [6.07, 6.45) is -3.74. The second-order valence-electron chi connectivity index (χ2n) is 3.23. The van der Waals surface area contributed by atoms with E-state index in [0.29, 0.717) is 16.0 Å². The van der Waals surface area contributed by atoms with E-state index in [1.807, 2.05) is 0 Å². The van der Waals surface area contributed by atoms with Gasteiger partial charge in [-0.25, -0.2) is 0 Å². The molecule has 0 spiro atoms. The Balaban J connectivity index is 2.22. The minimum Gasteiger partial charge on any atom is -0.404 e. The molecule has 2 rings (SSSR count). The Labute approximate surface area is 104 Å². The van der Waals surface area contributed by atoms with Crippen LogP contribution in [0.15, 0.2) is 30.5 Å². The number of halogens is 3. The van der Waals surface area contributed by atoms with Crippen LogP contribution in [0.1, 0.15) is 0 Å². The summed E-state index contributed by atoms with van der Waals surface area (Å²) in [7, 11) is 0. The van der Waals surface area contributed by atoms with Gasteiger partial charge in [-0.15, -0.1) is 13.2 Å². The average Bonchev–Trinajstić information content (AvgIpc) is 2.29. The lowest BCUT2D eigenvalue weighted by Gasteiger charge is -2.08. The van der Waals surface area contributed by atoms with Crippen molar-refractivity contribution in [2.45, 2.75) is 6.36 Å². The number of nitrogens with zero attached hydrogens (tertiary/aromatic N) is 2. The minimum atomic E-state index is -4.72.